The van der Waals surface area contributed by atoms with Gasteiger partial charge in [-0.3, -0.25) is 0 Å². The quantitative estimate of drug-likeness (QED) is 0.191. The van der Waals surface area contributed by atoms with Crippen LogP contribution in [0.5, 0.6) is 11.5 Å². The molecule has 1 heterocycles. The first kappa shape index (κ1) is 27.4. The average Bonchev–Trinajstić information content (AvgIpc) is 2.97. The van der Waals surface area contributed by atoms with Gasteiger partial charge in [0.25, 0.3) is 0 Å². The van der Waals surface area contributed by atoms with Gasteiger partial charge in [-0.25, -0.2) is 9.78 Å². The zero-order valence-corrected chi connectivity index (χ0v) is 22.3. The number of carboxylic acid groups (broad SMARTS) is 1. The first-order chi connectivity index (χ1) is 19.0. The number of nitrogens with zero attached hydrogens (tertiary/aromatic N) is 3. The van der Waals surface area contributed by atoms with Gasteiger partial charge in [0.1, 0.15) is 23.9 Å². The summed E-state index contributed by atoms with van der Waals surface area (Å²) in [6.07, 6.45) is 1.70. The van der Waals surface area contributed by atoms with Crippen LogP contribution in [0, 0.1) is 0 Å². The van der Waals surface area contributed by atoms with E-state index in [4.69, 9.17) is 14.5 Å². The molecule has 4 aromatic rings. The van der Waals surface area contributed by atoms with Gasteiger partial charge >= 0.3 is 5.97 Å². The number of aromatic carboxylic acids is 1. The van der Waals surface area contributed by atoms with Crippen LogP contribution in [0.3, 0.4) is 0 Å². The zero-order chi connectivity index (χ0) is 27.6. The van der Waals surface area contributed by atoms with Gasteiger partial charge in [0.15, 0.2) is 0 Å². The van der Waals surface area contributed by atoms with E-state index in [0.29, 0.717) is 29.7 Å². The van der Waals surface area contributed by atoms with Crippen molar-refractivity contribution in [1.82, 2.24) is 14.9 Å². The van der Waals surface area contributed by atoms with Crippen molar-refractivity contribution in [3.63, 3.8) is 0 Å². The fraction of sp³-hybridized carbons (Fsp3) is 0.233. The standard InChI is InChI=1S/C30H33N5O4/c1-4-35(5-2)18-19-39-24-16-14-23(15-17-24)32-30-31-20-25(21-10-12-22(13-11-21)29(36)37)28(34-30)33-26-8-6-7-9-27(26)38-3/h6-17,20H,4-5,18-19H2,1-3H3,(H,36,37)(H2,31,32,33,34). The van der Waals surface area contributed by atoms with Crippen LogP contribution < -0.4 is 20.1 Å². The molecule has 9 nitrogen and oxygen atoms in total. The van der Waals surface area contributed by atoms with E-state index in [0.717, 1.165) is 42.3 Å². The second-order valence-electron chi connectivity index (χ2n) is 8.69. The van der Waals surface area contributed by atoms with Gasteiger partial charge in [0, 0.05) is 24.0 Å². The van der Waals surface area contributed by atoms with Crippen molar-refractivity contribution >= 4 is 29.1 Å². The number of hydrogen-bond acceptors (Lipinski definition) is 8. The first-order valence-electron chi connectivity index (χ1n) is 12.8. The molecule has 0 saturated carbocycles. The third-order valence-electron chi connectivity index (χ3n) is 6.27. The van der Waals surface area contributed by atoms with Gasteiger partial charge in [-0.2, -0.15) is 4.98 Å². The Morgan fingerprint density at radius 2 is 1.67 bits per heavy atom. The fourth-order valence-corrected chi connectivity index (χ4v) is 4.01. The Labute approximate surface area is 228 Å². The molecule has 0 atom stereocenters. The van der Waals surface area contributed by atoms with E-state index in [1.807, 2.05) is 48.5 Å². The van der Waals surface area contributed by atoms with E-state index in [1.165, 1.54) is 0 Å². The third kappa shape index (κ3) is 7.24. The lowest BCUT2D eigenvalue weighted by Gasteiger charge is -2.18. The third-order valence-corrected chi connectivity index (χ3v) is 6.27. The van der Waals surface area contributed by atoms with Crippen LogP contribution in [0.25, 0.3) is 11.1 Å². The number of rotatable bonds is 13. The maximum atomic E-state index is 11.3. The molecule has 0 aliphatic rings. The number of benzene rings is 3. The first-order valence-corrected chi connectivity index (χ1v) is 12.8. The Hall–Kier alpha value is -4.63. The molecule has 0 bridgehead atoms. The molecular formula is C30H33N5O4. The van der Waals surface area contributed by atoms with Crippen LogP contribution in [0.2, 0.25) is 0 Å². The molecule has 3 aromatic carbocycles. The molecule has 1 aromatic heterocycles. The summed E-state index contributed by atoms with van der Waals surface area (Å²) in [5, 5.41) is 15.9. The molecule has 39 heavy (non-hydrogen) atoms. The average molecular weight is 528 g/mol. The van der Waals surface area contributed by atoms with E-state index in [9.17, 15) is 9.90 Å². The summed E-state index contributed by atoms with van der Waals surface area (Å²) in [5.74, 6) is 1.41. The normalized spacial score (nSPS) is 10.8. The minimum Gasteiger partial charge on any atom is -0.495 e. The molecule has 0 fully saturated rings. The Morgan fingerprint density at radius 3 is 2.33 bits per heavy atom. The van der Waals surface area contributed by atoms with Crippen LogP contribution in [0.1, 0.15) is 24.2 Å². The van der Waals surface area contributed by atoms with Gasteiger partial charge in [-0.15, -0.1) is 0 Å². The summed E-state index contributed by atoms with van der Waals surface area (Å²) in [4.78, 5) is 22.9. The molecule has 0 saturated heterocycles. The predicted molar refractivity (Wildman–Crippen MR) is 154 cm³/mol. The van der Waals surface area contributed by atoms with Crippen LogP contribution in [0.15, 0.2) is 79.0 Å². The van der Waals surface area contributed by atoms with Crippen LogP contribution in [0.4, 0.5) is 23.1 Å². The highest BCUT2D eigenvalue weighted by Crippen LogP contribution is 2.33. The molecule has 4 rings (SSSR count). The lowest BCUT2D eigenvalue weighted by atomic mass is 10.1. The maximum absolute atomic E-state index is 11.3. The molecule has 0 amide bonds. The zero-order valence-electron chi connectivity index (χ0n) is 22.3. The highest BCUT2D eigenvalue weighted by Gasteiger charge is 2.13. The summed E-state index contributed by atoms with van der Waals surface area (Å²) in [7, 11) is 1.61. The minimum absolute atomic E-state index is 0.206. The summed E-state index contributed by atoms with van der Waals surface area (Å²) < 4.78 is 11.4. The number of aromatic nitrogens is 2. The topological polar surface area (TPSA) is 109 Å². The fourth-order valence-electron chi connectivity index (χ4n) is 4.01. The van der Waals surface area contributed by atoms with Crippen molar-refractivity contribution in [2.24, 2.45) is 0 Å². The number of carboxylic acids is 1. The van der Waals surface area contributed by atoms with Crippen LogP contribution in [-0.2, 0) is 0 Å². The molecule has 0 aliphatic carbocycles. The number of methoxy groups -OCH3 is 1. The molecule has 0 radical (unpaired) electrons. The van der Waals surface area contributed by atoms with Gasteiger partial charge in [0.05, 0.1) is 18.4 Å². The summed E-state index contributed by atoms with van der Waals surface area (Å²) >= 11 is 0. The van der Waals surface area contributed by atoms with Crippen molar-refractivity contribution in [1.29, 1.82) is 0 Å². The molecule has 0 unspecified atom stereocenters. The van der Waals surface area contributed by atoms with Gasteiger partial charge in [-0.1, -0.05) is 38.1 Å². The lowest BCUT2D eigenvalue weighted by Crippen LogP contribution is -2.27. The maximum Gasteiger partial charge on any atom is 0.335 e. The van der Waals surface area contributed by atoms with Crippen LogP contribution in [-0.4, -0.2) is 59.3 Å². The van der Waals surface area contributed by atoms with E-state index >= 15 is 0 Å². The molecule has 0 aliphatic heterocycles. The number of anilines is 4. The number of likely N-dealkylation sites (N-methyl/N-ethyl adjacent to an activating group) is 1. The van der Waals surface area contributed by atoms with E-state index in [2.05, 4.69) is 34.4 Å². The number of ether oxygens (including phenoxy) is 2. The van der Waals surface area contributed by atoms with Crippen molar-refractivity contribution in [2.45, 2.75) is 13.8 Å². The number of nitrogens with one attached hydrogen (secondary N) is 2. The Morgan fingerprint density at radius 1 is 0.949 bits per heavy atom. The molecule has 0 spiro atoms. The number of para-hydroxylation sites is 2. The second kappa shape index (κ2) is 13.3. The van der Waals surface area contributed by atoms with Gasteiger partial charge in [-0.05, 0) is 67.2 Å². The van der Waals surface area contributed by atoms with E-state index in [-0.39, 0.29) is 5.56 Å². The Balaban J connectivity index is 1.56. The highest BCUT2D eigenvalue weighted by atomic mass is 16.5. The smallest absolute Gasteiger partial charge is 0.335 e. The van der Waals surface area contributed by atoms with Crippen molar-refractivity contribution in [3.05, 3.63) is 84.6 Å². The predicted octanol–water partition coefficient (Wildman–Crippen LogP) is 6.06. The van der Waals surface area contributed by atoms with Crippen molar-refractivity contribution in [3.8, 4) is 22.6 Å². The minimum atomic E-state index is -0.981. The second-order valence-corrected chi connectivity index (χ2v) is 8.69. The molecule has 9 heteroatoms. The van der Waals surface area contributed by atoms with Gasteiger partial charge in [0.2, 0.25) is 5.95 Å². The lowest BCUT2D eigenvalue weighted by molar-refractivity contribution is 0.0697. The molecular weight excluding hydrogens is 494 g/mol. The van der Waals surface area contributed by atoms with E-state index < -0.39 is 5.97 Å². The summed E-state index contributed by atoms with van der Waals surface area (Å²) in [6, 6.07) is 21.8. The Kier molecular flexibility index (Phi) is 9.31. The Bertz CT molecular complexity index is 1370. The van der Waals surface area contributed by atoms with E-state index in [1.54, 1.807) is 37.6 Å². The van der Waals surface area contributed by atoms with Crippen LogP contribution >= 0.6 is 0 Å². The molecule has 3 N–H and O–H groups in total. The highest BCUT2D eigenvalue weighted by molar-refractivity contribution is 5.89. The van der Waals surface area contributed by atoms with Crippen molar-refractivity contribution < 1.29 is 19.4 Å². The summed E-state index contributed by atoms with van der Waals surface area (Å²) in [5.41, 5.74) is 3.24. The largest absolute Gasteiger partial charge is 0.495 e. The summed E-state index contributed by atoms with van der Waals surface area (Å²) in [6.45, 7) is 7.81. The molecule has 202 valence electrons. The number of hydrogen-bond donors (Lipinski definition) is 3. The monoisotopic (exact) mass is 527 g/mol. The van der Waals surface area contributed by atoms with Crippen molar-refractivity contribution in [2.75, 3.05) is 44.0 Å². The SMILES string of the molecule is CCN(CC)CCOc1ccc(Nc2ncc(-c3ccc(C(=O)O)cc3)c(Nc3ccccc3OC)n2)cc1. The van der Waals surface area contributed by atoms with Gasteiger partial charge < -0.3 is 30.1 Å². The number of carbonyl (C=O) groups is 1.